The van der Waals surface area contributed by atoms with E-state index in [9.17, 15) is 25.3 Å². The molecular formula is C18H14N3O5-. The predicted octanol–water partition coefficient (Wildman–Crippen LogP) is 2.53. The van der Waals surface area contributed by atoms with Crippen molar-refractivity contribution in [1.29, 1.82) is 5.26 Å². The van der Waals surface area contributed by atoms with E-state index in [1.165, 1.54) is 13.2 Å². The van der Waals surface area contributed by atoms with Gasteiger partial charge in [-0.2, -0.15) is 5.26 Å². The standard InChI is InChI=1S/C18H15N3O5/c1-11-4-3-5-14(6-11)20-18(23)13(10-19)7-12-8-15(21(24)25)17(22)16(9-12)26-2/h3-9,22H,1-2H3,(H,20,23)/p-1/b13-7+. The van der Waals surface area contributed by atoms with Gasteiger partial charge in [0, 0.05) is 17.5 Å². The zero-order valence-corrected chi connectivity index (χ0v) is 14.0. The molecule has 0 aliphatic carbocycles. The molecule has 1 N–H and O–H groups in total. The zero-order valence-electron chi connectivity index (χ0n) is 14.0. The highest BCUT2D eigenvalue weighted by molar-refractivity contribution is 6.09. The van der Waals surface area contributed by atoms with Crippen molar-refractivity contribution in [2.45, 2.75) is 6.92 Å². The largest absolute Gasteiger partial charge is 0.865 e. The number of benzene rings is 2. The normalized spacial score (nSPS) is 10.7. The van der Waals surface area contributed by atoms with Crippen molar-refractivity contribution >= 4 is 23.4 Å². The third kappa shape index (κ3) is 4.15. The van der Waals surface area contributed by atoms with E-state index in [-0.39, 0.29) is 16.9 Å². The van der Waals surface area contributed by atoms with Crippen molar-refractivity contribution in [3.63, 3.8) is 0 Å². The van der Waals surface area contributed by atoms with Gasteiger partial charge in [-0.1, -0.05) is 12.1 Å². The molecule has 1 amide bonds. The van der Waals surface area contributed by atoms with Gasteiger partial charge in [-0.05, 0) is 42.3 Å². The number of ether oxygens (including phenoxy) is 1. The molecule has 0 aromatic heterocycles. The molecule has 0 aliphatic rings. The van der Waals surface area contributed by atoms with Crippen LogP contribution in [0.2, 0.25) is 0 Å². The van der Waals surface area contributed by atoms with Gasteiger partial charge >= 0.3 is 0 Å². The molecule has 0 saturated heterocycles. The molecule has 8 heteroatoms. The Morgan fingerprint density at radius 3 is 2.65 bits per heavy atom. The van der Waals surface area contributed by atoms with Gasteiger partial charge in [0.15, 0.2) is 0 Å². The first-order valence-electron chi connectivity index (χ1n) is 7.39. The van der Waals surface area contributed by atoms with Crippen molar-refractivity contribution in [3.8, 4) is 17.6 Å². The Morgan fingerprint density at radius 1 is 1.35 bits per heavy atom. The number of amides is 1. The van der Waals surface area contributed by atoms with Gasteiger partial charge in [0.05, 0.1) is 12.0 Å². The Balaban J connectivity index is 2.39. The second-order valence-corrected chi connectivity index (χ2v) is 5.32. The minimum Gasteiger partial charge on any atom is -0.865 e. The van der Waals surface area contributed by atoms with Crippen LogP contribution in [-0.2, 0) is 4.79 Å². The van der Waals surface area contributed by atoms with E-state index in [1.54, 1.807) is 24.3 Å². The Kier molecular flexibility index (Phi) is 5.55. The fourth-order valence-electron chi connectivity index (χ4n) is 2.22. The maximum atomic E-state index is 12.3. The first-order valence-corrected chi connectivity index (χ1v) is 7.39. The lowest BCUT2D eigenvalue weighted by Gasteiger charge is -2.13. The van der Waals surface area contributed by atoms with E-state index < -0.39 is 22.3 Å². The number of nitriles is 1. The molecule has 2 aromatic carbocycles. The fourth-order valence-corrected chi connectivity index (χ4v) is 2.22. The third-order valence-electron chi connectivity index (χ3n) is 3.43. The van der Waals surface area contributed by atoms with Crippen LogP contribution in [0.5, 0.6) is 11.5 Å². The van der Waals surface area contributed by atoms with Crippen molar-refractivity contribution in [3.05, 3.63) is 63.2 Å². The van der Waals surface area contributed by atoms with Gasteiger partial charge in [-0.3, -0.25) is 14.9 Å². The number of aryl methyl sites for hydroxylation is 1. The number of nitro benzene ring substituents is 1. The molecular weight excluding hydrogens is 338 g/mol. The number of hydrogen-bond acceptors (Lipinski definition) is 6. The summed E-state index contributed by atoms with van der Waals surface area (Å²) in [7, 11) is 1.20. The number of anilines is 1. The Bertz CT molecular complexity index is 944. The summed E-state index contributed by atoms with van der Waals surface area (Å²) in [4.78, 5) is 22.4. The number of carbonyl (C=O) groups excluding carboxylic acids is 1. The first-order chi connectivity index (χ1) is 12.3. The summed E-state index contributed by atoms with van der Waals surface area (Å²) in [5.74, 6) is -1.80. The summed E-state index contributed by atoms with van der Waals surface area (Å²) in [6.07, 6.45) is 1.15. The molecule has 132 valence electrons. The molecule has 8 nitrogen and oxygen atoms in total. The number of carbonyl (C=O) groups is 1. The van der Waals surface area contributed by atoms with Crippen LogP contribution in [-0.4, -0.2) is 17.9 Å². The average molecular weight is 352 g/mol. The summed E-state index contributed by atoms with van der Waals surface area (Å²) >= 11 is 0. The van der Waals surface area contributed by atoms with Gasteiger partial charge in [-0.25, -0.2) is 0 Å². The fraction of sp³-hybridized carbons (Fsp3) is 0.111. The molecule has 2 aromatic rings. The van der Waals surface area contributed by atoms with Gasteiger partial charge < -0.3 is 15.2 Å². The van der Waals surface area contributed by atoms with E-state index >= 15 is 0 Å². The monoisotopic (exact) mass is 352 g/mol. The van der Waals surface area contributed by atoms with Crippen molar-refractivity contribution in [2.75, 3.05) is 12.4 Å². The summed E-state index contributed by atoms with van der Waals surface area (Å²) in [5.41, 5.74) is 0.587. The lowest BCUT2D eigenvalue weighted by Crippen LogP contribution is -2.13. The average Bonchev–Trinajstić information content (AvgIpc) is 2.60. The number of hydrogen-bond donors (Lipinski definition) is 1. The van der Waals surface area contributed by atoms with Crippen molar-refractivity contribution in [1.82, 2.24) is 0 Å². The number of nitro groups is 1. The second-order valence-electron chi connectivity index (χ2n) is 5.32. The highest BCUT2D eigenvalue weighted by atomic mass is 16.6. The van der Waals surface area contributed by atoms with Crippen LogP contribution in [0.3, 0.4) is 0 Å². The second kappa shape index (κ2) is 7.81. The smallest absolute Gasteiger partial charge is 0.266 e. The van der Waals surface area contributed by atoms with Crippen molar-refractivity contribution in [2.24, 2.45) is 0 Å². The molecule has 0 unspecified atom stereocenters. The molecule has 0 radical (unpaired) electrons. The lowest BCUT2D eigenvalue weighted by atomic mass is 10.1. The SMILES string of the molecule is COc1cc(/C=C(\C#N)C(=O)Nc2cccc(C)c2)cc([N+](=O)[O-])c1[O-]. The summed E-state index contributed by atoms with van der Waals surface area (Å²) < 4.78 is 4.83. The molecule has 0 spiro atoms. The van der Waals surface area contributed by atoms with Gasteiger partial charge in [0.25, 0.3) is 11.6 Å². The zero-order chi connectivity index (χ0) is 19.3. The van der Waals surface area contributed by atoms with E-state index in [1.807, 2.05) is 13.0 Å². The minimum atomic E-state index is -0.877. The van der Waals surface area contributed by atoms with E-state index in [2.05, 4.69) is 5.32 Å². The Hall–Kier alpha value is -3.86. The highest BCUT2D eigenvalue weighted by Gasteiger charge is 2.15. The Morgan fingerprint density at radius 2 is 2.08 bits per heavy atom. The molecule has 26 heavy (non-hydrogen) atoms. The van der Waals surface area contributed by atoms with Crippen LogP contribution in [0.4, 0.5) is 11.4 Å². The molecule has 0 bridgehead atoms. The predicted molar refractivity (Wildman–Crippen MR) is 92.5 cm³/mol. The van der Waals surface area contributed by atoms with Crippen LogP contribution in [0, 0.1) is 28.4 Å². The maximum Gasteiger partial charge on any atom is 0.266 e. The number of nitrogens with one attached hydrogen (secondary N) is 1. The van der Waals surface area contributed by atoms with Crippen LogP contribution in [0.15, 0.2) is 42.0 Å². The maximum absolute atomic E-state index is 12.3. The van der Waals surface area contributed by atoms with Crippen LogP contribution in [0.25, 0.3) is 6.08 Å². The summed E-state index contributed by atoms with van der Waals surface area (Å²) in [6, 6.07) is 11.0. The third-order valence-corrected chi connectivity index (χ3v) is 3.43. The van der Waals surface area contributed by atoms with Crippen LogP contribution in [0.1, 0.15) is 11.1 Å². The minimum absolute atomic E-state index is 0.129. The Labute approximate surface area is 149 Å². The number of rotatable bonds is 5. The molecule has 2 rings (SSSR count). The molecule has 0 fully saturated rings. The summed E-state index contributed by atoms with van der Waals surface area (Å²) in [5, 5.41) is 34.6. The topological polar surface area (TPSA) is 128 Å². The van der Waals surface area contributed by atoms with E-state index in [0.717, 1.165) is 17.7 Å². The molecule has 0 atom stereocenters. The van der Waals surface area contributed by atoms with Crippen LogP contribution < -0.4 is 15.2 Å². The molecule has 0 heterocycles. The van der Waals surface area contributed by atoms with Crippen molar-refractivity contribution < 1.29 is 19.6 Å². The number of methoxy groups -OCH3 is 1. The van der Waals surface area contributed by atoms with E-state index in [4.69, 9.17) is 4.74 Å². The summed E-state index contributed by atoms with van der Waals surface area (Å²) in [6.45, 7) is 1.85. The van der Waals surface area contributed by atoms with E-state index in [0.29, 0.717) is 5.69 Å². The van der Waals surface area contributed by atoms with Gasteiger partial charge in [0.2, 0.25) is 0 Å². The molecule has 0 saturated carbocycles. The van der Waals surface area contributed by atoms with Gasteiger partial charge in [-0.15, -0.1) is 0 Å². The highest BCUT2D eigenvalue weighted by Crippen LogP contribution is 2.35. The number of nitrogens with zero attached hydrogens (tertiary/aromatic N) is 2. The first kappa shape index (κ1) is 18.5. The van der Waals surface area contributed by atoms with Crippen LogP contribution >= 0.6 is 0 Å². The lowest BCUT2D eigenvalue weighted by molar-refractivity contribution is -0.398. The van der Waals surface area contributed by atoms with Gasteiger partial charge in [0.1, 0.15) is 17.4 Å². The molecule has 0 aliphatic heterocycles. The quantitative estimate of drug-likeness (QED) is 0.381.